The standard InChI is InChI=1S/C19H31N7O2/c1-14(2)13-23-19-25-17(21-9-7-15-3-5-16(27)6-4-15)24-18(26-19)22-10-12-28-11-8-20/h3-6,14,27H,7-13,20H2,1-2H3,(H3,21,22,23,24,25,26). The number of rotatable bonds is 13. The summed E-state index contributed by atoms with van der Waals surface area (Å²) in [6.45, 7) is 7.83. The highest BCUT2D eigenvalue weighted by Crippen LogP contribution is 2.12. The van der Waals surface area contributed by atoms with Crippen molar-refractivity contribution in [2.75, 3.05) is 55.3 Å². The maximum atomic E-state index is 9.36. The zero-order valence-corrected chi connectivity index (χ0v) is 16.6. The summed E-state index contributed by atoms with van der Waals surface area (Å²) in [6.07, 6.45) is 0.788. The highest BCUT2D eigenvalue weighted by atomic mass is 16.5. The van der Waals surface area contributed by atoms with Crippen LogP contribution in [0.1, 0.15) is 19.4 Å². The number of ether oxygens (including phenoxy) is 1. The van der Waals surface area contributed by atoms with Gasteiger partial charge in [-0.2, -0.15) is 15.0 Å². The third-order valence-corrected chi connectivity index (χ3v) is 3.73. The number of phenolic OH excluding ortho intramolecular Hbond substituents is 1. The van der Waals surface area contributed by atoms with Crippen LogP contribution in [0.4, 0.5) is 17.8 Å². The molecule has 1 aromatic heterocycles. The summed E-state index contributed by atoms with van der Waals surface area (Å²) in [5.74, 6) is 2.27. The van der Waals surface area contributed by atoms with Gasteiger partial charge in [0.25, 0.3) is 0 Å². The number of hydrogen-bond donors (Lipinski definition) is 5. The van der Waals surface area contributed by atoms with Gasteiger partial charge in [-0.05, 0) is 30.0 Å². The minimum atomic E-state index is 0.265. The third-order valence-electron chi connectivity index (χ3n) is 3.73. The van der Waals surface area contributed by atoms with Crippen LogP contribution in [0, 0.1) is 5.92 Å². The second-order valence-electron chi connectivity index (χ2n) is 6.75. The molecule has 0 amide bonds. The molecule has 28 heavy (non-hydrogen) atoms. The normalized spacial score (nSPS) is 10.9. The molecular formula is C19H31N7O2. The number of benzene rings is 1. The van der Waals surface area contributed by atoms with Crippen LogP contribution in [0.25, 0.3) is 0 Å². The van der Waals surface area contributed by atoms with E-state index in [1.807, 2.05) is 12.1 Å². The second kappa shape index (κ2) is 11.9. The Kier molecular flexibility index (Phi) is 9.23. The monoisotopic (exact) mass is 389 g/mol. The average molecular weight is 390 g/mol. The van der Waals surface area contributed by atoms with E-state index >= 15 is 0 Å². The molecule has 9 nitrogen and oxygen atoms in total. The van der Waals surface area contributed by atoms with E-state index in [-0.39, 0.29) is 5.75 Å². The van der Waals surface area contributed by atoms with Gasteiger partial charge in [0.2, 0.25) is 17.8 Å². The molecule has 6 N–H and O–H groups in total. The Morgan fingerprint density at radius 1 is 0.929 bits per heavy atom. The molecule has 2 aromatic rings. The predicted octanol–water partition coefficient (Wildman–Crippen LogP) is 1.69. The number of anilines is 3. The quantitative estimate of drug-likeness (QED) is 0.325. The topological polar surface area (TPSA) is 130 Å². The molecule has 0 spiro atoms. The lowest BCUT2D eigenvalue weighted by Crippen LogP contribution is -2.18. The molecule has 1 aromatic carbocycles. The Morgan fingerprint density at radius 3 is 2.14 bits per heavy atom. The van der Waals surface area contributed by atoms with E-state index in [1.165, 1.54) is 0 Å². The van der Waals surface area contributed by atoms with E-state index in [0.717, 1.165) is 18.5 Å². The summed E-state index contributed by atoms with van der Waals surface area (Å²) >= 11 is 0. The average Bonchev–Trinajstić information content (AvgIpc) is 2.68. The summed E-state index contributed by atoms with van der Waals surface area (Å²) in [5, 5.41) is 19.0. The lowest BCUT2D eigenvalue weighted by Gasteiger charge is -2.12. The molecule has 154 valence electrons. The van der Waals surface area contributed by atoms with Gasteiger partial charge in [-0.15, -0.1) is 0 Å². The largest absolute Gasteiger partial charge is 0.508 e. The van der Waals surface area contributed by atoms with E-state index in [1.54, 1.807) is 12.1 Å². The van der Waals surface area contributed by atoms with Crippen LogP contribution in [-0.2, 0) is 11.2 Å². The minimum Gasteiger partial charge on any atom is -0.508 e. The van der Waals surface area contributed by atoms with Crippen molar-refractivity contribution in [2.45, 2.75) is 20.3 Å². The minimum absolute atomic E-state index is 0.265. The summed E-state index contributed by atoms with van der Waals surface area (Å²) < 4.78 is 5.36. The molecule has 0 fully saturated rings. The maximum absolute atomic E-state index is 9.36. The molecule has 0 aliphatic rings. The van der Waals surface area contributed by atoms with Gasteiger partial charge < -0.3 is 31.5 Å². The number of aromatic hydroxyl groups is 1. The fraction of sp³-hybridized carbons (Fsp3) is 0.526. The molecule has 0 aliphatic carbocycles. The molecule has 0 unspecified atom stereocenters. The van der Waals surface area contributed by atoms with Crippen molar-refractivity contribution in [1.29, 1.82) is 0 Å². The first-order chi connectivity index (χ1) is 13.6. The lowest BCUT2D eigenvalue weighted by atomic mass is 10.1. The van der Waals surface area contributed by atoms with E-state index in [0.29, 0.717) is 56.6 Å². The van der Waals surface area contributed by atoms with Crippen molar-refractivity contribution in [3.63, 3.8) is 0 Å². The first-order valence-corrected chi connectivity index (χ1v) is 9.60. The molecule has 9 heteroatoms. The fourth-order valence-corrected chi connectivity index (χ4v) is 2.31. The smallest absolute Gasteiger partial charge is 0.229 e. The van der Waals surface area contributed by atoms with Gasteiger partial charge in [0.15, 0.2) is 0 Å². The van der Waals surface area contributed by atoms with Gasteiger partial charge in [-0.25, -0.2) is 0 Å². The van der Waals surface area contributed by atoms with Crippen molar-refractivity contribution in [3.8, 4) is 5.75 Å². The summed E-state index contributed by atoms with van der Waals surface area (Å²) in [5.41, 5.74) is 6.53. The van der Waals surface area contributed by atoms with Crippen molar-refractivity contribution >= 4 is 17.8 Å². The molecule has 1 heterocycles. The number of nitrogens with one attached hydrogen (secondary N) is 3. The van der Waals surface area contributed by atoms with Crippen molar-refractivity contribution in [2.24, 2.45) is 11.7 Å². The van der Waals surface area contributed by atoms with Gasteiger partial charge in [-0.3, -0.25) is 0 Å². The Bertz CT molecular complexity index is 695. The molecule has 0 saturated heterocycles. The van der Waals surface area contributed by atoms with Crippen LogP contribution in [0.3, 0.4) is 0 Å². The lowest BCUT2D eigenvalue weighted by molar-refractivity contribution is 0.151. The number of nitrogens with zero attached hydrogens (tertiary/aromatic N) is 3. The van der Waals surface area contributed by atoms with Crippen LogP contribution in [0.2, 0.25) is 0 Å². The fourth-order valence-electron chi connectivity index (χ4n) is 2.31. The molecule has 0 radical (unpaired) electrons. The first kappa shape index (κ1) is 21.6. The van der Waals surface area contributed by atoms with Crippen molar-refractivity contribution in [1.82, 2.24) is 15.0 Å². The molecular weight excluding hydrogens is 358 g/mol. The Morgan fingerprint density at radius 2 is 1.54 bits per heavy atom. The van der Waals surface area contributed by atoms with E-state index in [9.17, 15) is 5.11 Å². The molecule has 0 bridgehead atoms. The molecule has 0 atom stereocenters. The number of nitrogens with two attached hydrogens (primary N) is 1. The Balaban J connectivity index is 1.94. The summed E-state index contributed by atoms with van der Waals surface area (Å²) in [6, 6.07) is 7.16. The van der Waals surface area contributed by atoms with Gasteiger partial charge in [0.1, 0.15) is 5.75 Å². The molecule has 2 rings (SSSR count). The van der Waals surface area contributed by atoms with Crippen LogP contribution in [0.15, 0.2) is 24.3 Å². The highest BCUT2D eigenvalue weighted by molar-refractivity contribution is 5.42. The highest BCUT2D eigenvalue weighted by Gasteiger charge is 2.07. The Labute approximate surface area is 166 Å². The van der Waals surface area contributed by atoms with Crippen molar-refractivity contribution in [3.05, 3.63) is 29.8 Å². The zero-order valence-electron chi connectivity index (χ0n) is 16.6. The van der Waals surface area contributed by atoms with E-state index in [2.05, 4.69) is 44.7 Å². The maximum Gasteiger partial charge on any atom is 0.229 e. The zero-order chi connectivity index (χ0) is 20.2. The molecule has 0 aliphatic heterocycles. The summed E-state index contributed by atoms with van der Waals surface area (Å²) in [7, 11) is 0. The van der Waals surface area contributed by atoms with Gasteiger partial charge in [0, 0.05) is 26.2 Å². The van der Waals surface area contributed by atoms with Gasteiger partial charge in [0.05, 0.1) is 13.2 Å². The van der Waals surface area contributed by atoms with E-state index in [4.69, 9.17) is 10.5 Å². The SMILES string of the molecule is CC(C)CNc1nc(NCCOCCN)nc(NCCc2ccc(O)cc2)n1. The Hall–Kier alpha value is -2.65. The first-order valence-electron chi connectivity index (χ1n) is 9.60. The molecule has 0 saturated carbocycles. The van der Waals surface area contributed by atoms with Crippen LogP contribution < -0.4 is 21.7 Å². The van der Waals surface area contributed by atoms with E-state index < -0.39 is 0 Å². The van der Waals surface area contributed by atoms with Crippen LogP contribution in [-0.4, -0.2) is 59.5 Å². The van der Waals surface area contributed by atoms with Crippen LogP contribution >= 0.6 is 0 Å². The third kappa shape index (κ3) is 8.36. The second-order valence-corrected chi connectivity index (χ2v) is 6.75. The van der Waals surface area contributed by atoms with Crippen molar-refractivity contribution < 1.29 is 9.84 Å². The number of hydrogen-bond acceptors (Lipinski definition) is 9. The van der Waals surface area contributed by atoms with Crippen LogP contribution in [0.5, 0.6) is 5.75 Å². The number of phenols is 1. The predicted molar refractivity (Wildman–Crippen MR) is 112 cm³/mol. The summed E-state index contributed by atoms with van der Waals surface area (Å²) in [4.78, 5) is 13.3. The van der Waals surface area contributed by atoms with Gasteiger partial charge >= 0.3 is 0 Å². The number of aromatic nitrogens is 3. The van der Waals surface area contributed by atoms with Gasteiger partial charge in [-0.1, -0.05) is 26.0 Å².